The first kappa shape index (κ1) is 9.21. The second kappa shape index (κ2) is 3.42. The van der Waals surface area contributed by atoms with Crippen LogP contribution in [-0.4, -0.2) is 12.3 Å². The third kappa shape index (κ3) is 1.51. The minimum absolute atomic E-state index is 0.0101. The third-order valence-electron chi connectivity index (χ3n) is 2.64. The van der Waals surface area contributed by atoms with E-state index in [0.29, 0.717) is 0 Å². The maximum absolute atomic E-state index is 11.1. The lowest BCUT2D eigenvalue weighted by atomic mass is 10.0. The minimum Gasteiger partial charge on any atom is -0.384 e. The van der Waals surface area contributed by atoms with E-state index in [1.165, 1.54) is 18.2 Å². The number of fused-ring (bicyclic) bond motifs is 1. The molecule has 1 aliphatic rings. The molecule has 0 saturated carbocycles. The summed E-state index contributed by atoms with van der Waals surface area (Å²) in [5.41, 5.74) is 9.11. The van der Waals surface area contributed by atoms with Crippen molar-refractivity contribution < 1.29 is 4.79 Å². The fourth-order valence-electron chi connectivity index (χ4n) is 1.75. The van der Waals surface area contributed by atoms with E-state index < -0.39 is 6.04 Å². The number of Topliss-reactive ketones (excluding diaryl/α,β-unsaturated/α-hetero) is 1. The molecule has 1 unspecified atom stereocenters. The fraction of sp³-hybridized carbons (Fsp3) is 0.364. The van der Waals surface area contributed by atoms with E-state index in [1.807, 2.05) is 18.2 Å². The Labute approximate surface area is 83.3 Å². The first-order chi connectivity index (χ1) is 6.68. The molecule has 0 fully saturated rings. The summed E-state index contributed by atoms with van der Waals surface area (Å²) in [6, 6.07) is 5.48. The number of hydrogen-bond acceptors (Lipinski definition) is 3. The number of carbonyl (C=O) groups excluding carboxylic acids is 1. The predicted octanol–water partition coefficient (Wildman–Crippen LogP) is 1.24. The summed E-state index contributed by atoms with van der Waals surface area (Å²) in [7, 11) is 0. The molecule has 3 N–H and O–H groups in total. The number of benzene rings is 1. The van der Waals surface area contributed by atoms with Gasteiger partial charge in [-0.15, -0.1) is 0 Å². The van der Waals surface area contributed by atoms with Crippen LogP contribution >= 0.6 is 0 Å². The van der Waals surface area contributed by atoms with Crippen LogP contribution in [0, 0.1) is 0 Å². The van der Waals surface area contributed by atoms with Crippen molar-refractivity contribution in [2.24, 2.45) is 5.73 Å². The molecule has 0 aliphatic carbocycles. The summed E-state index contributed by atoms with van der Waals surface area (Å²) >= 11 is 0. The van der Waals surface area contributed by atoms with Gasteiger partial charge in [0, 0.05) is 12.2 Å². The van der Waals surface area contributed by atoms with E-state index >= 15 is 0 Å². The Kier molecular flexibility index (Phi) is 2.25. The van der Waals surface area contributed by atoms with Gasteiger partial charge < -0.3 is 11.1 Å². The molecule has 3 heteroatoms. The van der Waals surface area contributed by atoms with E-state index in [2.05, 4.69) is 5.32 Å². The van der Waals surface area contributed by atoms with Gasteiger partial charge in [-0.2, -0.15) is 0 Å². The summed E-state index contributed by atoms with van der Waals surface area (Å²) in [6.45, 7) is 2.50. The zero-order valence-electron chi connectivity index (χ0n) is 8.21. The smallest absolute Gasteiger partial charge is 0.150 e. The molecular formula is C11H14N2O. The number of carbonyl (C=O) groups is 1. The average molecular weight is 190 g/mol. The van der Waals surface area contributed by atoms with Crippen LogP contribution in [-0.2, 0) is 11.2 Å². The van der Waals surface area contributed by atoms with Gasteiger partial charge in [-0.05, 0) is 30.5 Å². The highest BCUT2D eigenvalue weighted by Crippen LogP contribution is 2.25. The Morgan fingerprint density at radius 1 is 1.57 bits per heavy atom. The third-order valence-corrected chi connectivity index (χ3v) is 2.64. The fourth-order valence-corrected chi connectivity index (χ4v) is 1.75. The molecule has 14 heavy (non-hydrogen) atoms. The molecule has 1 atom stereocenters. The second-order valence-electron chi connectivity index (χ2n) is 3.68. The van der Waals surface area contributed by atoms with Crippen LogP contribution < -0.4 is 11.1 Å². The van der Waals surface area contributed by atoms with Gasteiger partial charge in [0.2, 0.25) is 0 Å². The molecule has 0 saturated heterocycles. The summed E-state index contributed by atoms with van der Waals surface area (Å²) < 4.78 is 0. The molecule has 3 nitrogen and oxygen atoms in total. The Balaban J connectivity index is 2.33. The molecule has 1 aromatic rings. The number of nitrogens with one attached hydrogen (secondary N) is 1. The molecule has 1 heterocycles. The highest BCUT2D eigenvalue weighted by molar-refractivity contribution is 5.83. The van der Waals surface area contributed by atoms with Crippen LogP contribution in [0.1, 0.15) is 24.1 Å². The molecule has 0 aromatic heterocycles. The van der Waals surface area contributed by atoms with Gasteiger partial charge in [0.05, 0.1) is 6.04 Å². The van der Waals surface area contributed by atoms with Crippen molar-refractivity contribution in [3.8, 4) is 0 Å². The Bertz CT molecular complexity index is 374. The summed E-state index contributed by atoms with van der Waals surface area (Å²) in [6.07, 6.45) is 1.02. The quantitative estimate of drug-likeness (QED) is 0.737. The standard InChI is InChI=1S/C11H14N2O/c1-7(14)11(12)9-2-3-10-8(6-9)4-5-13-10/h2-3,6,11,13H,4-5,12H2,1H3. The van der Waals surface area contributed by atoms with Gasteiger partial charge in [-0.3, -0.25) is 4.79 Å². The first-order valence-corrected chi connectivity index (χ1v) is 4.81. The Morgan fingerprint density at radius 2 is 2.36 bits per heavy atom. The van der Waals surface area contributed by atoms with Gasteiger partial charge in [0.25, 0.3) is 0 Å². The molecule has 1 aliphatic heterocycles. The summed E-state index contributed by atoms with van der Waals surface area (Å²) in [4.78, 5) is 11.1. The van der Waals surface area contributed by atoms with E-state index in [9.17, 15) is 4.79 Å². The van der Waals surface area contributed by atoms with Crippen LogP contribution in [0.2, 0.25) is 0 Å². The molecule has 2 rings (SSSR count). The van der Waals surface area contributed by atoms with Crippen molar-refractivity contribution >= 4 is 11.5 Å². The summed E-state index contributed by atoms with van der Waals surface area (Å²) in [5.74, 6) is 0.0101. The number of nitrogens with two attached hydrogens (primary N) is 1. The van der Waals surface area contributed by atoms with Gasteiger partial charge in [0.15, 0.2) is 5.78 Å². The summed E-state index contributed by atoms with van der Waals surface area (Å²) in [5, 5.41) is 3.27. The number of anilines is 1. The van der Waals surface area contributed by atoms with E-state index in [1.54, 1.807) is 0 Å². The number of rotatable bonds is 2. The van der Waals surface area contributed by atoms with Crippen molar-refractivity contribution in [1.29, 1.82) is 0 Å². The second-order valence-corrected chi connectivity index (χ2v) is 3.68. The van der Waals surface area contributed by atoms with Crippen LogP contribution in [0.3, 0.4) is 0 Å². The van der Waals surface area contributed by atoms with E-state index in [-0.39, 0.29) is 5.78 Å². The maximum Gasteiger partial charge on any atom is 0.150 e. The largest absolute Gasteiger partial charge is 0.384 e. The molecule has 0 radical (unpaired) electrons. The van der Waals surface area contributed by atoms with Crippen molar-refractivity contribution in [3.63, 3.8) is 0 Å². The highest BCUT2D eigenvalue weighted by Gasteiger charge is 2.15. The SMILES string of the molecule is CC(=O)C(N)c1ccc2c(c1)CCN2. The molecule has 0 bridgehead atoms. The molecular weight excluding hydrogens is 176 g/mol. The highest BCUT2D eigenvalue weighted by atomic mass is 16.1. The Hall–Kier alpha value is -1.35. The zero-order valence-corrected chi connectivity index (χ0v) is 8.21. The molecule has 0 amide bonds. The van der Waals surface area contributed by atoms with Gasteiger partial charge in [-0.25, -0.2) is 0 Å². The minimum atomic E-state index is -0.471. The van der Waals surface area contributed by atoms with Crippen LogP contribution in [0.5, 0.6) is 0 Å². The van der Waals surface area contributed by atoms with Crippen LogP contribution in [0.15, 0.2) is 18.2 Å². The van der Waals surface area contributed by atoms with E-state index in [0.717, 1.165) is 18.5 Å². The molecule has 0 spiro atoms. The van der Waals surface area contributed by atoms with Gasteiger partial charge >= 0.3 is 0 Å². The van der Waals surface area contributed by atoms with E-state index in [4.69, 9.17) is 5.73 Å². The topological polar surface area (TPSA) is 55.1 Å². The van der Waals surface area contributed by atoms with Crippen molar-refractivity contribution in [1.82, 2.24) is 0 Å². The lowest BCUT2D eigenvalue weighted by molar-refractivity contribution is -0.118. The predicted molar refractivity (Wildman–Crippen MR) is 56.2 cm³/mol. The monoisotopic (exact) mass is 190 g/mol. The maximum atomic E-state index is 11.1. The zero-order chi connectivity index (χ0) is 10.1. The van der Waals surface area contributed by atoms with Crippen molar-refractivity contribution in [2.75, 3.05) is 11.9 Å². The van der Waals surface area contributed by atoms with Crippen molar-refractivity contribution in [2.45, 2.75) is 19.4 Å². The van der Waals surface area contributed by atoms with Gasteiger partial charge in [0.1, 0.15) is 0 Å². The molecule has 74 valence electrons. The molecule has 1 aromatic carbocycles. The van der Waals surface area contributed by atoms with Crippen molar-refractivity contribution in [3.05, 3.63) is 29.3 Å². The van der Waals surface area contributed by atoms with Gasteiger partial charge in [-0.1, -0.05) is 12.1 Å². The Morgan fingerprint density at radius 3 is 3.07 bits per heavy atom. The van der Waals surface area contributed by atoms with Crippen LogP contribution in [0.25, 0.3) is 0 Å². The number of ketones is 1. The van der Waals surface area contributed by atoms with Crippen LogP contribution in [0.4, 0.5) is 5.69 Å². The lowest BCUT2D eigenvalue weighted by Crippen LogP contribution is -2.18. The number of hydrogen-bond donors (Lipinski definition) is 2. The first-order valence-electron chi connectivity index (χ1n) is 4.81. The average Bonchev–Trinajstić information content (AvgIpc) is 2.62. The normalized spacial score (nSPS) is 15.9. The lowest BCUT2D eigenvalue weighted by Gasteiger charge is -2.09.